The van der Waals surface area contributed by atoms with Crippen LogP contribution in [0.4, 0.5) is 0 Å². The normalized spacial score (nSPS) is 22.6. The highest BCUT2D eigenvalue weighted by molar-refractivity contribution is 5.73. The maximum atomic E-state index is 12.3. The zero-order valence-electron chi connectivity index (χ0n) is 17.2. The van der Waals surface area contributed by atoms with Crippen molar-refractivity contribution >= 4 is 5.91 Å². The first-order valence-corrected chi connectivity index (χ1v) is 10.0. The standard InChI is InChI=1S/C22H29N3O3/c1-15-6-7-21-19(10-15)11-25(18(4)26)14-22(27-21)8-5-9-24(13-22)12-20-16(2)23-28-17(20)3/h6-7,10H,5,8-9,11-14H2,1-4H3. The molecular formula is C22H29N3O3. The van der Waals surface area contributed by atoms with Crippen LogP contribution in [-0.2, 0) is 17.9 Å². The van der Waals surface area contributed by atoms with Crippen molar-refractivity contribution in [2.24, 2.45) is 0 Å². The average Bonchev–Trinajstić information content (AvgIpc) is 2.87. The van der Waals surface area contributed by atoms with Crippen molar-refractivity contribution in [1.29, 1.82) is 0 Å². The van der Waals surface area contributed by atoms with Gasteiger partial charge in [-0.25, -0.2) is 0 Å². The first kappa shape index (κ1) is 19.0. The number of ether oxygens (including phenoxy) is 1. The predicted octanol–water partition coefficient (Wildman–Crippen LogP) is 3.38. The smallest absolute Gasteiger partial charge is 0.219 e. The SMILES string of the molecule is CC(=O)N1Cc2cc(C)ccc2OC2(CCCN(Cc3c(C)noc3C)C2)C1. The van der Waals surface area contributed by atoms with Crippen LogP contribution in [0.5, 0.6) is 5.75 Å². The van der Waals surface area contributed by atoms with Gasteiger partial charge in [0.2, 0.25) is 5.91 Å². The Morgan fingerprint density at radius 2 is 2.07 bits per heavy atom. The minimum atomic E-state index is -0.386. The van der Waals surface area contributed by atoms with Crippen molar-refractivity contribution in [3.63, 3.8) is 0 Å². The molecule has 1 unspecified atom stereocenters. The van der Waals surface area contributed by atoms with E-state index in [0.29, 0.717) is 13.1 Å². The number of hydrogen-bond acceptors (Lipinski definition) is 5. The van der Waals surface area contributed by atoms with Gasteiger partial charge >= 0.3 is 0 Å². The van der Waals surface area contributed by atoms with Crippen LogP contribution in [-0.4, -0.2) is 46.1 Å². The van der Waals surface area contributed by atoms with Crippen molar-refractivity contribution in [3.05, 3.63) is 46.3 Å². The van der Waals surface area contributed by atoms with Gasteiger partial charge in [0.15, 0.2) is 0 Å². The second kappa shape index (κ2) is 7.24. The summed E-state index contributed by atoms with van der Waals surface area (Å²) in [5, 5.41) is 4.09. The lowest BCUT2D eigenvalue weighted by Gasteiger charge is -2.43. The molecule has 1 amide bonds. The Labute approximate surface area is 166 Å². The number of likely N-dealkylation sites (tertiary alicyclic amines) is 1. The molecule has 6 heteroatoms. The van der Waals surface area contributed by atoms with Crippen molar-refractivity contribution in [2.45, 2.75) is 59.2 Å². The van der Waals surface area contributed by atoms with Crippen LogP contribution in [0.1, 0.15) is 47.9 Å². The molecule has 4 rings (SSSR count). The van der Waals surface area contributed by atoms with Crippen molar-refractivity contribution in [1.82, 2.24) is 15.0 Å². The number of benzene rings is 1. The Morgan fingerprint density at radius 3 is 2.79 bits per heavy atom. The number of carbonyl (C=O) groups excluding carboxylic acids is 1. The Balaban J connectivity index is 1.62. The Morgan fingerprint density at radius 1 is 1.25 bits per heavy atom. The molecule has 0 saturated carbocycles. The van der Waals surface area contributed by atoms with Gasteiger partial charge in [-0.1, -0.05) is 22.9 Å². The van der Waals surface area contributed by atoms with E-state index >= 15 is 0 Å². The molecule has 1 aromatic heterocycles. The van der Waals surface area contributed by atoms with E-state index in [1.807, 2.05) is 18.7 Å². The lowest BCUT2D eigenvalue weighted by Crippen LogP contribution is -2.57. The van der Waals surface area contributed by atoms with Crippen molar-refractivity contribution < 1.29 is 14.1 Å². The zero-order valence-corrected chi connectivity index (χ0v) is 17.2. The molecule has 1 atom stereocenters. The first-order chi connectivity index (χ1) is 13.3. The number of nitrogens with zero attached hydrogens (tertiary/aromatic N) is 3. The number of hydrogen-bond donors (Lipinski definition) is 0. The topological polar surface area (TPSA) is 58.8 Å². The maximum absolute atomic E-state index is 12.3. The molecule has 2 aliphatic heterocycles. The minimum Gasteiger partial charge on any atom is -0.484 e. The summed E-state index contributed by atoms with van der Waals surface area (Å²) >= 11 is 0. The average molecular weight is 383 g/mol. The van der Waals surface area contributed by atoms with Crippen LogP contribution in [0, 0.1) is 20.8 Å². The molecule has 2 aliphatic rings. The van der Waals surface area contributed by atoms with E-state index in [-0.39, 0.29) is 11.5 Å². The zero-order chi connectivity index (χ0) is 19.9. The molecular weight excluding hydrogens is 354 g/mol. The maximum Gasteiger partial charge on any atom is 0.219 e. The van der Waals surface area contributed by atoms with E-state index in [2.05, 4.69) is 35.2 Å². The van der Waals surface area contributed by atoms with Crippen LogP contribution in [0.15, 0.2) is 22.7 Å². The van der Waals surface area contributed by atoms with Gasteiger partial charge in [-0.3, -0.25) is 9.69 Å². The number of aryl methyl sites for hydroxylation is 3. The van der Waals surface area contributed by atoms with E-state index in [0.717, 1.165) is 60.8 Å². The van der Waals surface area contributed by atoms with Crippen LogP contribution in [0.25, 0.3) is 0 Å². The van der Waals surface area contributed by atoms with Crippen LogP contribution in [0.2, 0.25) is 0 Å². The Hall–Kier alpha value is -2.34. The summed E-state index contributed by atoms with van der Waals surface area (Å²) in [5.41, 5.74) is 4.00. The monoisotopic (exact) mass is 383 g/mol. The lowest BCUT2D eigenvalue weighted by atomic mass is 9.91. The van der Waals surface area contributed by atoms with E-state index in [1.54, 1.807) is 6.92 Å². The molecule has 6 nitrogen and oxygen atoms in total. The first-order valence-electron chi connectivity index (χ1n) is 10.0. The van der Waals surface area contributed by atoms with Crippen LogP contribution in [0.3, 0.4) is 0 Å². The summed E-state index contributed by atoms with van der Waals surface area (Å²) in [5.74, 6) is 1.89. The highest BCUT2D eigenvalue weighted by Crippen LogP contribution is 2.36. The minimum absolute atomic E-state index is 0.0974. The quantitative estimate of drug-likeness (QED) is 0.796. The van der Waals surface area contributed by atoms with Crippen LogP contribution < -0.4 is 4.74 Å². The van der Waals surface area contributed by atoms with Crippen molar-refractivity contribution in [2.75, 3.05) is 19.6 Å². The molecule has 0 bridgehead atoms. The molecule has 2 aromatic rings. The molecule has 3 heterocycles. The lowest BCUT2D eigenvalue weighted by molar-refractivity contribution is -0.133. The fraction of sp³-hybridized carbons (Fsp3) is 0.545. The number of rotatable bonds is 2. The Bertz CT molecular complexity index is 872. The summed E-state index contributed by atoms with van der Waals surface area (Å²) in [7, 11) is 0. The van der Waals surface area contributed by atoms with Gasteiger partial charge in [0.1, 0.15) is 17.1 Å². The van der Waals surface area contributed by atoms with Gasteiger partial charge < -0.3 is 14.2 Å². The van der Waals surface area contributed by atoms with Gasteiger partial charge in [0.25, 0.3) is 0 Å². The van der Waals surface area contributed by atoms with Gasteiger partial charge in [-0.15, -0.1) is 0 Å². The number of carbonyl (C=O) groups is 1. The van der Waals surface area contributed by atoms with Crippen molar-refractivity contribution in [3.8, 4) is 5.75 Å². The van der Waals surface area contributed by atoms with E-state index in [4.69, 9.17) is 9.26 Å². The Kier molecular flexibility index (Phi) is 4.91. The summed E-state index contributed by atoms with van der Waals surface area (Å²) in [6.45, 7) is 11.5. The van der Waals surface area contributed by atoms with E-state index in [1.165, 1.54) is 5.56 Å². The molecule has 1 saturated heterocycles. The van der Waals surface area contributed by atoms with Gasteiger partial charge in [-0.2, -0.15) is 0 Å². The predicted molar refractivity (Wildman–Crippen MR) is 106 cm³/mol. The number of piperidine rings is 1. The molecule has 1 aromatic carbocycles. The fourth-order valence-electron chi connectivity index (χ4n) is 4.52. The third-order valence-corrected chi connectivity index (χ3v) is 6.01. The molecule has 0 aliphatic carbocycles. The molecule has 28 heavy (non-hydrogen) atoms. The van der Waals surface area contributed by atoms with E-state index in [9.17, 15) is 4.79 Å². The second-order valence-corrected chi connectivity index (χ2v) is 8.39. The van der Waals surface area contributed by atoms with Gasteiger partial charge in [-0.05, 0) is 46.2 Å². The molecule has 150 valence electrons. The fourth-order valence-corrected chi connectivity index (χ4v) is 4.52. The number of amides is 1. The highest BCUT2D eigenvalue weighted by Gasteiger charge is 2.42. The summed E-state index contributed by atoms with van der Waals surface area (Å²) in [6.07, 6.45) is 1.98. The molecule has 1 spiro atoms. The second-order valence-electron chi connectivity index (χ2n) is 8.39. The third kappa shape index (κ3) is 3.65. The summed E-state index contributed by atoms with van der Waals surface area (Å²) < 4.78 is 12.0. The van der Waals surface area contributed by atoms with Gasteiger partial charge in [0, 0.05) is 37.7 Å². The number of fused-ring (bicyclic) bond motifs is 1. The van der Waals surface area contributed by atoms with E-state index < -0.39 is 0 Å². The van der Waals surface area contributed by atoms with Gasteiger partial charge in [0.05, 0.1) is 12.2 Å². The molecule has 0 radical (unpaired) electrons. The van der Waals surface area contributed by atoms with Crippen LogP contribution >= 0.6 is 0 Å². The third-order valence-electron chi connectivity index (χ3n) is 6.01. The summed E-state index contributed by atoms with van der Waals surface area (Å²) in [4.78, 5) is 16.7. The molecule has 0 N–H and O–H groups in total. The number of aromatic nitrogens is 1. The largest absolute Gasteiger partial charge is 0.484 e. The molecule has 1 fully saturated rings. The highest BCUT2D eigenvalue weighted by atomic mass is 16.5. The summed E-state index contributed by atoms with van der Waals surface area (Å²) in [6, 6.07) is 6.28.